The number of hydrogen-bond donors (Lipinski definition) is 4. The summed E-state index contributed by atoms with van der Waals surface area (Å²) >= 11 is 0. The van der Waals surface area contributed by atoms with Crippen molar-refractivity contribution in [3.63, 3.8) is 0 Å². The van der Waals surface area contributed by atoms with Crippen molar-refractivity contribution < 1.29 is 34.6 Å². The van der Waals surface area contributed by atoms with Gasteiger partial charge in [0.2, 0.25) is 0 Å². The third kappa shape index (κ3) is 4.92. The van der Waals surface area contributed by atoms with Crippen LogP contribution in [0.1, 0.15) is 34.8 Å². The van der Waals surface area contributed by atoms with Gasteiger partial charge in [-0.05, 0) is 47.7 Å². The van der Waals surface area contributed by atoms with Gasteiger partial charge in [0.1, 0.15) is 42.4 Å². The summed E-state index contributed by atoms with van der Waals surface area (Å²) < 4.78 is 17.0. The molecule has 0 spiro atoms. The minimum Gasteiger partial charge on any atom is -0.488 e. The standard InChI is InChI=1S/C24H30O7/c1-14-2-5-16(24-23(28)22(27)21(26)20(12-25)31-24)11-17(14)10-15-3-6-18(7-4-15)30-19-8-9-29-13-19/h2-7,11,19-28H,8-10,12-13H2,1H3/t19?,20-,21-,22?,23-,24+/m1/s1. The van der Waals surface area contributed by atoms with Gasteiger partial charge in [0.15, 0.2) is 0 Å². The SMILES string of the molecule is Cc1ccc([C@@H]2O[C@H](CO)[C@@H](O)C(O)[C@H]2O)cc1Cc1ccc(OC2CCOC2)cc1. The van der Waals surface area contributed by atoms with E-state index >= 15 is 0 Å². The summed E-state index contributed by atoms with van der Waals surface area (Å²) in [6.07, 6.45) is -4.09. The van der Waals surface area contributed by atoms with E-state index in [0.717, 1.165) is 35.5 Å². The van der Waals surface area contributed by atoms with Gasteiger partial charge in [-0.2, -0.15) is 0 Å². The number of aliphatic hydroxyl groups excluding tert-OH is 4. The fourth-order valence-electron chi connectivity index (χ4n) is 4.14. The largest absolute Gasteiger partial charge is 0.488 e. The van der Waals surface area contributed by atoms with E-state index in [2.05, 4.69) is 0 Å². The Hall–Kier alpha value is -2.00. The zero-order valence-corrected chi connectivity index (χ0v) is 17.6. The summed E-state index contributed by atoms with van der Waals surface area (Å²) in [4.78, 5) is 0. The van der Waals surface area contributed by atoms with Gasteiger partial charge in [0.25, 0.3) is 0 Å². The van der Waals surface area contributed by atoms with Crippen LogP contribution in [-0.4, -0.2) is 70.8 Å². The maximum absolute atomic E-state index is 10.4. The number of ether oxygens (including phenoxy) is 3. The molecule has 2 unspecified atom stereocenters. The van der Waals surface area contributed by atoms with Gasteiger partial charge in [-0.1, -0.05) is 30.3 Å². The Kier molecular flexibility index (Phi) is 6.91. The molecule has 0 radical (unpaired) electrons. The van der Waals surface area contributed by atoms with Crippen LogP contribution in [0.4, 0.5) is 0 Å². The Bertz CT molecular complexity index is 861. The highest BCUT2D eigenvalue weighted by Gasteiger charge is 2.43. The lowest BCUT2D eigenvalue weighted by Crippen LogP contribution is -2.55. The molecule has 0 bridgehead atoms. The Morgan fingerprint density at radius 3 is 2.45 bits per heavy atom. The second kappa shape index (κ2) is 9.65. The van der Waals surface area contributed by atoms with Crippen LogP contribution in [0, 0.1) is 6.92 Å². The second-order valence-corrected chi connectivity index (χ2v) is 8.36. The van der Waals surface area contributed by atoms with Crippen LogP contribution >= 0.6 is 0 Å². The molecule has 7 nitrogen and oxygen atoms in total. The highest BCUT2D eigenvalue weighted by molar-refractivity contribution is 5.38. The number of benzene rings is 2. The molecule has 2 heterocycles. The predicted octanol–water partition coefficient (Wildman–Crippen LogP) is 1.27. The van der Waals surface area contributed by atoms with Crippen molar-refractivity contribution in [2.45, 2.75) is 56.4 Å². The van der Waals surface area contributed by atoms with Crippen molar-refractivity contribution in [1.82, 2.24) is 0 Å². The summed E-state index contributed by atoms with van der Waals surface area (Å²) in [6.45, 7) is 2.95. The molecule has 7 heteroatoms. The molecule has 2 aliphatic heterocycles. The van der Waals surface area contributed by atoms with Crippen LogP contribution in [0.25, 0.3) is 0 Å². The lowest BCUT2D eigenvalue weighted by atomic mass is 9.89. The Balaban J connectivity index is 1.49. The highest BCUT2D eigenvalue weighted by Crippen LogP contribution is 2.33. The molecule has 0 aromatic heterocycles. The van der Waals surface area contributed by atoms with E-state index in [9.17, 15) is 20.4 Å². The second-order valence-electron chi connectivity index (χ2n) is 8.36. The molecule has 6 atom stereocenters. The normalized spacial score (nSPS) is 31.0. The van der Waals surface area contributed by atoms with Crippen LogP contribution in [0.5, 0.6) is 5.75 Å². The molecule has 2 saturated heterocycles. The molecule has 168 valence electrons. The first-order valence-electron chi connectivity index (χ1n) is 10.7. The van der Waals surface area contributed by atoms with E-state index in [1.807, 2.05) is 49.4 Å². The molecule has 0 saturated carbocycles. The third-order valence-electron chi connectivity index (χ3n) is 6.10. The number of aryl methyl sites for hydroxylation is 1. The van der Waals surface area contributed by atoms with Crippen LogP contribution in [0.15, 0.2) is 42.5 Å². The number of hydrogen-bond acceptors (Lipinski definition) is 7. The molecule has 0 aliphatic carbocycles. The summed E-state index contributed by atoms with van der Waals surface area (Å²) in [5.41, 5.74) is 3.96. The first-order chi connectivity index (χ1) is 15.0. The maximum Gasteiger partial charge on any atom is 0.124 e. The Morgan fingerprint density at radius 1 is 1.00 bits per heavy atom. The quantitative estimate of drug-likeness (QED) is 0.547. The van der Waals surface area contributed by atoms with Crippen molar-refractivity contribution >= 4 is 0 Å². The number of aliphatic hydroxyl groups is 4. The topological polar surface area (TPSA) is 109 Å². The van der Waals surface area contributed by atoms with E-state index in [1.54, 1.807) is 0 Å². The van der Waals surface area contributed by atoms with E-state index in [0.29, 0.717) is 18.6 Å². The van der Waals surface area contributed by atoms with E-state index in [-0.39, 0.29) is 6.10 Å². The minimum absolute atomic E-state index is 0.114. The fraction of sp³-hybridized carbons (Fsp3) is 0.500. The van der Waals surface area contributed by atoms with E-state index < -0.39 is 37.1 Å². The van der Waals surface area contributed by atoms with Crippen LogP contribution < -0.4 is 4.74 Å². The first kappa shape index (κ1) is 22.2. The van der Waals surface area contributed by atoms with Gasteiger partial charge >= 0.3 is 0 Å². The van der Waals surface area contributed by atoms with Gasteiger partial charge in [-0.25, -0.2) is 0 Å². The van der Waals surface area contributed by atoms with Crippen LogP contribution in [0.2, 0.25) is 0 Å². The van der Waals surface area contributed by atoms with Crippen molar-refractivity contribution in [2.75, 3.05) is 19.8 Å². The van der Waals surface area contributed by atoms with Crippen molar-refractivity contribution in [1.29, 1.82) is 0 Å². The molecular formula is C24H30O7. The average Bonchev–Trinajstić information content (AvgIpc) is 3.28. The molecule has 2 aromatic rings. The third-order valence-corrected chi connectivity index (χ3v) is 6.10. The zero-order chi connectivity index (χ0) is 22.0. The van der Waals surface area contributed by atoms with Crippen LogP contribution in [0.3, 0.4) is 0 Å². The summed E-state index contributed by atoms with van der Waals surface area (Å²) in [5.74, 6) is 0.825. The lowest BCUT2D eigenvalue weighted by molar-refractivity contribution is -0.231. The smallest absolute Gasteiger partial charge is 0.124 e. The maximum atomic E-state index is 10.4. The van der Waals surface area contributed by atoms with Crippen molar-refractivity contribution in [2.24, 2.45) is 0 Å². The summed E-state index contributed by atoms with van der Waals surface area (Å²) in [5, 5.41) is 40.0. The van der Waals surface area contributed by atoms with Crippen LogP contribution in [-0.2, 0) is 15.9 Å². The summed E-state index contributed by atoms with van der Waals surface area (Å²) in [6, 6.07) is 13.7. The van der Waals surface area contributed by atoms with Gasteiger partial charge in [0.05, 0.1) is 19.8 Å². The Labute approximate surface area is 181 Å². The fourth-order valence-corrected chi connectivity index (χ4v) is 4.14. The average molecular weight is 430 g/mol. The highest BCUT2D eigenvalue weighted by atomic mass is 16.5. The zero-order valence-electron chi connectivity index (χ0n) is 17.6. The number of rotatable bonds is 6. The van der Waals surface area contributed by atoms with Crippen molar-refractivity contribution in [3.8, 4) is 5.75 Å². The van der Waals surface area contributed by atoms with Gasteiger partial charge in [-0.3, -0.25) is 0 Å². The predicted molar refractivity (Wildman–Crippen MR) is 113 cm³/mol. The lowest BCUT2D eigenvalue weighted by Gasteiger charge is -2.40. The first-order valence-corrected chi connectivity index (χ1v) is 10.7. The molecule has 31 heavy (non-hydrogen) atoms. The summed E-state index contributed by atoms with van der Waals surface area (Å²) in [7, 11) is 0. The molecule has 2 aromatic carbocycles. The molecule has 4 N–H and O–H groups in total. The molecule has 4 rings (SSSR count). The van der Waals surface area contributed by atoms with Gasteiger partial charge < -0.3 is 34.6 Å². The van der Waals surface area contributed by atoms with E-state index in [1.165, 1.54) is 0 Å². The molecule has 2 aliphatic rings. The molecule has 2 fully saturated rings. The van der Waals surface area contributed by atoms with E-state index in [4.69, 9.17) is 14.2 Å². The van der Waals surface area contributed by atoms with Gasteiger partial charge in [-0.15, -0.1) is 0 Å². The van der Waals surface area contributed by atoms with Gasteiger partial charge in [0, 0.05) is 6.42 Å². The molecular weight excluding hydrogens is 400 g/mol. The Morgan fingerprint density at radius 2 is 1.77 bits per heavy atom. The molecule has 0 amide bonds. The van der Waals surface area contributed by atoms with Crippen molar-refractivity contribution in [3.05, 3.63) is 64.7 Å². The minimum atomic E-state index is -1.39. The monoisotopic (exact) mass is 430 g/mol.